The number of halogens is 1. The van der Waals surface area contributed by atoms with Gasteiger partial charge >= 0.3 is 0 Å². The summed E-state index contributed by atoms with van der Waals surface area (Å²) in [5, 5.41) is 0. The summed E-state index contributed by atoms with van der Waals surface area (Å²) in [5.41, 5.74) is 8.04. The predicted molar refractivity (Wildman–Crippen MR) is 83.0 cm³/mol. The van der Waals surface area contributed by atoms with Crippen LogP contribution in [-0.4, -0.2) is 16.5 Å². The SMILES string of the molecule is CC(C)CC(CN)c1ncc(-c2ccc(Br)cc2)[nH]1. The van der Waals surface area contributed by atoms with E-state index in [-0.39, 0.29) is 0 Å². The summed E-state index contributed by atoms with van der Waals surface area (Å²) in [6.45, 7) is 5.05. The molecule has 3 N–H and O–H groups in total. The second-order valence-electron chi connectivity index (χ2n) is 5.25. The molecule has 1 aromatic carbocycles. The molecule has 1 aromatic heterocycles. The number of nitrogens with one attached hydrogen (secondary N) is 1. The van der Waals surface area contributed by atoms with Gasteiger partial charge in [0.2, 0.25) is 0 Å². The molecule has 0 aliphatic heterocycles. The van der Waals surface area contributed by atoms with Crippen molar-refractivity contribution < 1.29 is 0 Å². The molecule has 0 spiro atoms. The van der Waals surface area contributed by atoms with Crippen molar-refractivity contribution in [3.05, 3.63) is 40.8 Å². The fourth-order valence-electron chi connectivity index (χ4n) is 2.21. The lowest BCUT2D eigenvalue weighted by molar-refractivity contribution is 0.490. The zero-order valence-corrected chi connectivity index (χ0v) is 12.9. The number of nitrogens with two attached hydrogens (primary N) is 1. The Hall–Kier alpha value is -1.13. The van der Waals surface area contributed by atoms with E-state index in [0.717, 1.165) is 28.0 Å². The molecule has 1 unspecified atom stereocenters. The standard InChI is InChI=1S/C15H20BrN3/c1-10(2)7-12(8-17)15-18-9-14(19-15)11-3-5-13(16)6-4-11/h3-6,9-10,12H,7-8,17H2,1-2H3,(H,18,19). The number of aromatic nitrogens is 2. The zero-order chi connectivity index (χ0) is 13.8. The van der Waals surface area contributed by atoms with E-state index in [2.05, 4.69) is 51.9 Å². The Labute approximate surface area is 122 Å². The molecule has 3 nitrogen and oxygen atoms in total. The van der Waals surface area contributed by atoms with Crippen molar-refractivity contribution in [3.63, 3.8) is 0 Å². The van der Waals surface area contributed by atoms with Gasteiger partial charge < -0.3 is 10.7 Å². The number of aromatic amines is 1. The van der Waals surface area contributed by atoms with Crippen LogP contribution in [0.1, 0.15) is 32.0 Å². The van der Waals surface area contributed by atoms with Crippen LogP contribution in [0.15, 0.2) is 34.9 Å². The Morgan fingerprint density at radius 2 is 1.95 bits per heavy atom. The molecule has 0 radical (unpaired) electrons. The molecular formula is C15H20BrN3. The normalized spacial score (nSPS) is 12.9. The molecule has 102 valence electrons. The van der Waals surface area contributed by atoms with Crippen LogP contribution < -0.4 is 5.73 Å². The first-order valence-corrected chi connectivity index (χ1v) is 7.40. The lowest BCUT2D eigenvalue weighted by Gasteiger charge is -2.14. The van der Waals surface area contributed by atoms with Crippen molar-refractivity contribution >= 4 is 15.9 Å². The van der Waals surface area contributed by atoms with Gasteiger partial charge in [-0.1, -0.05) is 41.9 Å². The Morgan fingerprint density at radius 1 is 1.26 bits per heavy atom. The van der Waals surface area contributed by atoms with Gasteiger partial charge in [-0.05, 0) is 30.0 Å². The van der Waals surface area contributed by atoms with Crippen molar-refractivity contribution in [1.82, 2.24) is 9.97 Å². The zero-order valence-electron chi connectivity index (χ0n) is 11.4. The van der Waals surface area contributed by atoms with Gasteiger partial charge in [-0.3, -0.25) is 0 Å². The largest absolute Gasteiger partial charge is 0.342 e. The third-order valence-electron chi connectivity index (χ3n) is 3.18. The third-order valence-corrected chi connectivity index (χ3v) is 3.71. The Morgan fingerprint density at radius 3 is 2.53 bits per heavy atom. The van der Waals surface area contributed by atoms with Crippen molar-refractivity contribution in [2.45, 2.75) is 26.2 Å². The Kier molecular flexibility index (Phi) is 4.77. The van der Waals surface area contributed by atoms with Gasteiger partial charge in [-0.25, -0.2) is 4.98 Å². The van der Waals surface area contributed by atoms with E-state index in [1.165, 1.54) is 0 Å². The molecule has 0 amide bonds. The summed E-state index contributed by atoms with van der Waals surface area (Å²) in [5.74, 6) is 1.92. The summed E-state index contributed by atoms with van der Waals surface area (Å²) in [7, 11) is 0. The number of H-pyrrole nitrogens is 1. The molecule has 2 aromatic rings. The topological polar surface area (TPSA) is 54.7 Å². The molecule has 0 bridgehead atoms. The van der Waals surface area contributed by atoms with Gasteiger partial charge in [-0.15, -0.1) is 0 Å². The summed E-state index contributed by atoms with van der Waals surface area (Å²) in [6.07, 6.45) is 2.95. The van der Waals surface area contributed by atoms with E-state index in [9.17, 15) is 0 Å². The van der Waals surface area contributed by atoms with Gasteiger partial charge in [-0.2, -0.15) is 0 Å². The maximum Gasteiger partial charge on any atom is 0.110 e. The summed E-state index contributed by atoms with van der Waals surface area (Å²) >= 11 is 3.44. The van der Waals surface area contributed by atoms with Crippen LogP contribution in [0.25, 0.3) is 11.3 Å². The molecule has 1 heterocycles. The third kappa shape index (κ3) is 3.67. The molecule has 0 aliphatic carbocycles. The van der Waals surface area contributed by atoms with Crippen LogP contribution in [0.3, 0.4) is 0 Å². The molecule has 19 heavy (non-hydrogen) atoms. The first-order valence-electron chi connectivity index (χ1n) is 6.61. The van der Waals surface area contributed by atoms with Crippen LogP contribution >= 0.6 is 15.9 Å². The summed E-state index contributed by atoms with van der Waals surface area (Å²) in [6, 6.07) is 8.21. The smallest absolute Gasteiger partial charge is 0.110 e. The monoisotopic (exact) mass is 321 g/mol. The second-order valence-corrected chi connectivity index (χ2v) is 6.17. The van der Waals surface area contributed by atoms with Crippen molar-refractivity contribution in [1.29, 1.82) is 0 Å². The molecule has 0 saturated heterocycles. The van der Waals surface area contributed by atoms with E-state index in [4.69, 9.17) is 5.73 Å². The van der Waals surface area contributed by atoms with Gasteiger partial charge in [0.15, 0.2) is 0 Å². The lowest BCUT2D eigenvalue weighted by Crippen LogP contribution is -2.15. The fourth-order valence-corrected chi connectivity index (χ4v) is 2.47. The predicted octanol–water partition coefficient (Wildman–Crippen LogP) is 3.93. The van der Waals surface area contributed by atoms with Gasteiger partial charge in [0.1, 0.15) is 5.82 Å². The van der Waals surface area contributed by atoms with Crippen LogP contribution in [0.2, 0.25) is 0 Å². The molecule has 0 fully saturated rings. The fraction of sp³-hybridized carbons (Fsp3) is 0.400. The first kappa shape index (κ1) is 14.3. The lowest BCUT2D eigenvalue weighted by atomic mass is 9.97. The minimum Gasteiger partial charge on any atom is -0.342 e. The minimum atomic E-state index is 0.309. The molecular weight excluding hydrogens is 302 g/mol. The Bertz CT molecular complexity index is 516. The number of hydrogen-bond acceptors (Lipinski definition) is 2. The van der Waals surface area contributed by atoms with Crippen LogP contribution in [-0.2, 0) is 0 Å². The van der Waals surface area contributed by atoms with E-state index in [0.29, 0.717) is 18.4 Å². The maximum atomic E-state index is 5.85. The number of nitrogens with zero attached hydrogens (tertiary/aromatic N) is 1. The van der Waals surface area contributed by atoms with E-state index < -0.39 is 0 Å². The highest BCUT2D eigenvalue weighted by atomic mass is 79.9. The average molecular weight is 322 g/mol. The molecule has 4 heteroatoms. The minimum absolute atomic E-state index is 0.309. The van der Waals surface area contributed by atoms with Crippen LogP contribution in [0.5, 0.6) is 0 Å². The molecule has 2 rings (SSSR count). The summed E-state index contributed by atoms with van der Waals surface area (Å²) in [4.78, 5) is 7.89. The number of rotatable bonds is 5. The van der Waals surface area contributed by atoms with Crippen molar-refractivity contribution in [3.8, 4) is 11.3 Å². The van der Waals surface area contributed by atoms with Gasteiger partial charge in [0, 0.05) is 16.9 Å². The highest BCUT2D eigenvalue weighted by Crippen LogP contribution is 2.24. The van der Waals surface area contributed by atoms with Crippen molar-refractivity contribution in [2.75, 3.05) is 6.54 Å². The van der Waals surface area contributed by atoms with Crippen molar-refractivity contribution in [2.24, 2.45) is 11.7 Å². The number of benzene rings is 1. The highest BCUT2D eigenvalue weighted by molar-refractivity contribution is 9.10. The molecule has 0 aliphatic rings. The molecule has 0 saturated carbocycles. The molecule has 1 atom stereocenters. The number of imidazole rings is 1. The van der Waals surface area contributed by atoms with E-state index >= 15 is 0 Å². The first-order chi connectivity index (χ1) is 9.10. The van der Waals surface area contributed by atoms with Crippen LogP contribution in [0, 0.1) is 5.92 Å². The average Bonchev–Trinajstić information content (AvgIpc) is 2.86. The van der Waals surface area contributed by atoms with Gasteiger partial charge in [0.05, 0.1) is 11.9 Å². The second kappa shape index (κ2) is 6.35. The highest BCUT2D eigenvalue weighted by Gasteiger charge is 2.15. The summed E-state index contributed by atoms with van der Waals surface area (Å²) < 4.78 is 1.08. The van der Waals surface area contributed by atoms with E-state index in [1.807, 2.05) is 18.3 Å². The van der Waals surface area contributed by atoms with E-state index in [1.54, 1.807) is 0 Å². The number of hydrogen-bond donors (Lipinski definition) is 2. The van der Waals surface area contributed by atoms with Gasteiger partial charge in [0.25, 0.3) is 0 Å². The van der Waals surface area contributed by atoms with Crippen LogP contribution in [0.4, 0.5) is 0 Å². The Balaban J connectivity index is 2.20. The quantitative estimate of drug-likeness (QED) is 0.876. The maximum absolute atomic E-state index is 5.85.